The van der Waals surface area contributed by atoms with E-state index in [0.29, 0.717) is 12.0 Å². The van der Waals surface area contributed by atoms with Crippen molar-refractivity contribution in [2.24, 2.45) is 0 Å². The number of hydrogen-bond acceptors (Lipinski definition) is 6. The maximum atomic E-state index is 12.1. The van der Waals surface area contributed by atoms with Crippen LogP contribution >= 0.6 is 11.8 Å². The van der Waals surface area contributed by atoms with E-state index >= 15 is 0 Å². The molecule has 126 valence electrons. The molecule has 0 aliphatic heterocycles. The summed E-state index contributed by atoms with van der Waals surface area (Å²) in [6.07, 6.45) is 0.357. The van der Waals surface area contributed by atoms with Gasteiger partial charge in [-0.15, -0.1) is 0 Å². The van der Waals surface area contributed by atoms with E-state index in [4.69, 9.17) is 10.8 Å². The first kappa shape index (κ1) is 17.5. The molecule has 5 N–H and O–H groups in total. The molecule has 9 heteroatoms. The fraction of sp³-hybridized carbons (Fsp3) is 0.200. The third-order valence-corrected chi connectivity index (χ3v) is 4.34. The van der Waals surface area contributed by atoms with Crippen LogP contribution in [0.2, 0.25) is 0 Å². The Morgan fingerprint density at radius 2 is 2.04 bits per heavy atom. The van der Waals surface area contributed by atoms with E-state index in [-0.39, 0.29) is 16.7 Å². The molecule has 1 aromatic heterocycles. The number of nitrogens with zero attached hydrogens (tertiary/aromatic N) is 1. The summed E-state index contributed by atoms with van der Waals surface area (Å²) in [4.78, 5) is 41.6. The Morgan fingerprint density at radius 3 is 2.58 bits per heavy atom. The van der Waals surface area contributed by atoms with Crippen LogP contribution in [0.3, 0.4) is 0 Å². The van der Waals surface area contributed by atoms with Crippen molar-refractivity contribution < 1.29 is 14.7 Å². The van der Waals surface area contributed by atoms with Crippen molar-refractivity contribution in [3.8, 4) is 0 Å². The Bertz CT molecular complexity index is 807. The van der Waals surface area contributed by atoms with Crippen molar-refractivity contribution in [1.82, 2.24) is 9.97 Å². The third-order valence-electron chi connectivity index (χ3n) is 3.10. The highest BCUT2D eigenvalue weighted by Gasteiger charge is 2.20. The number of nitrogens with two attached hydrogens (primary N) is 1. The third kappa shape index (κ3) is 4.13. The number of carbonyl (C=O) groups is 2. The van der Waals surface area contributed by atoms with Gasteiger partial charge in [-0.1, -0.05) is 36.9 Å². The second-order valence-corrected chi connectivity index (χ2v) is 6.00. The first-order valence-corrected chi connectivity index (χ1v) is 7.96. The van der Waals surface area contributed by atoms with Crippen molar-refractivity contribution in [1.29, 1.82) is 0 Å². The number of aromatic amines is 1. The topological polar surface area (TPSA) is 138 Å². The van der Waals surface area contributed by atoms with Gasteiger partial charge in [0, 0.05) is 5.56 Å². The van der Waals surface area contributed by atoms with Crippen molar-refractivity contribution in [2.45, 2.75) is 23.8 Å². The summed E-state index contributed by atoms with van der Waals surface area (Å²) in [5.41, 5.74) is 5.29. The number of H-pyrrole nitrogens is 1. The van der Waals surface area contributed by atoms with Gasteiger partial charge < -0.3 is 16.2 Å². The highest BCUT2D eigenvalue weighted by Crippen LogP contribution is 2.23. The number of hydrogen-bond donors (Lipinski definition) is 4. The van der Waals surface area contributed by atoms with E-state index in [1.54, 1.807) is 37.3 Å². The lowest BCUT2D eigenvalue weighted by atomic mass is 10.2. The predicted octanol–water partition coefficient (Wildman–Crippen LogP) is 1.56. The molecule has 2 rings (SSSR count). The summed E-state index contributed by atoms with van der Waals surface area (Å²) < 4.78 is 0. The summed E-state index contributed by atoms with van der Waals surface area (Å²) in [6, 6.07) is 8.33. The van der Waals surface area contributed by atoms with Gasteiger partial charge in [-0.05, 0) is 18.6 Å². The second-order valence-electron chi connectivity index (χ2n) is 4.80. The number of rotatable bonds is 6. The number of nitrogen functional groups attached to an aromatic ring is 1. The van der Waals surface area contributed by atoms with Gasteiger partial charge in [0.05, 0.1) is 0 Å². The number of thioether (sulfide) groups is 1. The highest BCUT2D eigenvalue weighted by molar-refractivity contribution is 8.00. The molecule has 2 aromatic rings. The normalized spacial score (nSPS) is 11.7. The van der Waals surface area contributed by atoms with Gasteiger partial charge in [0.15, 0.2) is 11.0 Å². The summed E-state index contributed by atoms with van der Waals surface area (Å²) >= 11 is 0.890. The molecule has 0 saturated heterocycles. The minimum absolute atomic E-state index is 0.0875. The summed E-state index contributed by atoms with van der Waals surface area (Å²) in [5.74, 6) is -1.68. The van der Waals surface area contributed by atoms with Crippen LogP contribution in [0.5, 0.6) is 0 Å². The van der Waals surface area contributed by atoms with Crippen LogP contribution in [0, 0.1) is 0 Å². The van der Waals surface area contributed by atoms with Crippen LogP contribution < -0.4 is 16.6 Å². The van der Waals surface area contributed by atoms with Crippen LogP contribution in [0.1, 0.15) is 23.7 Å². The van der Waals surface area contributed by atoms with Crippen molar-refractivity contribution in [3.63, 3.8) is 0 Å². The van der Waals surface area contributed by atoms with Gasteiger partial charge in [-0.25, -0.2) is 4.98 Å². The number of benzene rings is 1. The zero-order chi connectivity index (χ0) is 17.7. The van der Waals surface area contributed by atoms with Crippen LogP contribution in [0.25, 0.3) is 0 Å². The van der Waals surface area contributed by atoms with Crippen LogP contribution in [0.4, 0.5) is 11.5 Å². The molecule has 0 saturated carbocycles. The lowest BCUT2D eigenvalue weighted by Gasteiger charge is -2.11. The molecule has 0 fully saturated rings. The fourth-order valence-corrected chi connectivity index (χ4v) is 2.70. The average Bonchev–Trinajstić information content (AvgIpc) is 2.56. The predicted molar refractivity (Wildman–Crippen MR) is 91.2 cm³/mol. The number of nitrogens with one attached hydrogen (secondary N) is 2. The van der Waals surface area contributed by atoms with Gasteiger partial charge in [-0.3, -0.25) is 19.4 Å². The van der Waals surface area contributed by atoms with Gasteiger partial charge in [0.2, 0.25) is 0 Å². The number of carbonyl (C=O) groups excluding carboxylic acids is 1. The highest BCUT2D eigenvalue weighted by atomic mass is 32.2. The summed E-state index contributed by atoms with van der Waals surface area (Å²) in [6.45, 7) is 1.71. The molecule has 0 radical (unpaired) electrons. The maximum absolute atomic E-state index is 12.1. The van der Waals surface area contributed by atoms with Gasteiger partial charge in [0.1, 0.15) is 10.9 Å². The van der Waals surface area contributed by atoms with Crippen LogP contribution in [-0.4, -0.2) is 32.2 Å². The van der Waals surface area contributed by atoms with Gasteiger partial charge >= 0.3 is 5.97 Å². The average molecular weight is 348 g/mol. The van der Waals surface area contributed by atoms with E-state index in [2.05, 4.69) is 15.3 Å². The van der Waals surface area contributed by atoms with E-state index in [0.717, 1.165) is 11.8 Å². The SMILES string of the molecule is CC[C@H](Sc1nc(N)c(NC(=O)c2ccccc2)c(=O)[nH]1)C(=O)O. The van der Waals surface area contributed by atoms with Crippen molar-refractivity contribution in [3.05, 3.63) is 46.2 Å². The van der Waals surface area contributed by atoms with Crippen LogP contribution in [0.15, 0.2) is 40.3 Å². The van der Waals surface area contributed by atoms with E-state index in [1.807, 2.05) is 0 Å². The molecule has 1 aromatic carbocycles. The van der Waals surface area contributed by atoms with E-state index < -0.39 is 22.7 Å². The molecular weight excluding hydrogens is 332 g/mol. The molecule has 1 atom stereocenters. The number of amides is 1. The standard InChI is InChI=1S/C15H16N4O4S/c1-2-9(14(22)23)24-15-18-11(16)10(13(21)19-15)17-12(20)8-6-4-3-5-7-8/h3-7,9H,2H2,1H3,(H,17,20)(H,22,23)(H3,16,18,19,21)/t9-/m0/s1. The monoisotopic (exact) mass is 348 g/mol. The molecule has 24 heavy (non-hydrogen) atoms. The Kier molecular flexibility index (Phi) is 5.59. The Hall–Kier alpha value is -2.81. The van der Waals surface area contributed by atoms with Crippen molar-refractivity contribution >= 4 is 35.1 Å². The first-order chi connectivity index (χ1) is 11.4. The number of aliphatic carboxylic acids is 1. The van der Waals surface area contributed by atoms with Gasteiger partial charge in [0.25, 0.3) is 11.5 Å². The van der Waals surface area contributed by atoms with Gasteiger partial charge in [-0.2, -0.15) is 0 Å². The number of anilines is 2. The molecule has 1 amide bonds. The quantitative estimate of drug-likeness (QED) is 0.459. The van der Waals surface area contributed by atoms with Crippen molar-refractivity contribution in [2.75, 3.05) is 11.1 Å². The fourth-order valence-electron chi connectivity index (χ4n) is 1.86. The molecule has 1 heterocycles. The minimum Gasteiger partial charge on any atom is -0.480 e. The molecule has 0 aliphatic rings. The number of carboxylic acid groups (broad SMARTS) is 1. The second kappa shape index (κ2) is 7.64. The number of aromatic nitrogens is 2. The summed E-state index contributed by atoms with van der Waals surface area (Å²) in [7, 11) is 0. The Morgan fingerprint density at radius 1 is 1.38 bits per heavy atom. The van der Waals surface area contributed by atoms with Crippen LogP contribution in [-0.2, 0) is 4.79 Å². The molecule has 0 unspecified atom stereocenters. The largest absolute Gasteiger partial charge is 0.480 e. The zero-order valence-corrected chi connectivity index (χ0v) is 13.6. The lowest BCUT2D eigenvalue weighted by Crippen LogP contribution is -2.24. The van der Waals surface area contributed by atoms with E-state index in [9.17, 15) is 14.4 Å². The zero-order valence-electron chi connectivity index (χ0n) is 12.8. The molecule has 0 bridgehead atoms. The molecule has 0 spiro atoms. The molecular formula is C15H16N4O4S. The number of carboxylic acids is 1. The summed E-state index contributed by atoms with van der Waals surface area (Å²) in [5, 5.41) is 10.8. The first-order valence-electron chi connectivity index (χ1n) is 7.08. The lowest BCUT2D eigenvalue weighted by molar-refractivity contribution is -0.136. The van der Waals surface area contributed by atoms with E-state index in [1.165, 1.54) is 0 Å². The Balaban J connectivity index is 2.23. The maximum Gasteiger partial charge on any atom is 0.317 e. The Labute approximate surface area is 141 Å². The molecule has 0 aliphatic carbocycles. The molecule has 8 nitrogen and oxygen atoms in total. The minimum atomic E-state index is -1.01. The smallest absolute Gasteiger partial charge is 0.317 e.